The maximum atomic E-state index is 11.6. The lowest BCUT2D eigenvalue weighted by molar-refractivity contribution is -0.132. The summed E-state index contributed by atoms with van der Waals surface area (Å²) < 4.78 is 2.09. The first-order chi connectivity index (χ1) is 12.6. The number of hydrogen-bond donors (Lipinski definition) is 1. The molecule has 2 rings (SSSR count). The molecule has 27 heavy (non-hydrogen) atoms. The Labute approximate surface area is 172 Å². The van der Waals surface area contributed by atoms with E-state index in [0.717, 1.165) is 49.2 Å². The van der Waals surface area contributed by atoms with E-state index in [1.807, 2.05) is 24.3 Å². The minimum atomic E-state index is -0.862. The van der Waals surface area contributed by atoms with Crippen LogP contribution in [0.3, 0.4) is 0 Å². The molecule has 0 saturated heterocycles. The Balaban J connectivity index is 0.00000364. The molecule has 148 valence electrons. The number of imidazole rings is 1. The van der Waals surface area contributed by atoms with E-state index in [4.69, 9.17) is 11.6 Å². The second-order valence-electron chi connectivity index (χ2n) is 6.46. The Morgan fingerprint density at radius 1 is 1.22 bits per heavy atom. The molecule has 2 aromatic rings. The van der Waals surface area contributed by atoms with E-state index in [0.29, 0.717) is 23.6 Å². The summed E-state index contributed by atoms with van der Waals surface area (Å²) in [7, 11) is 0. The zero-order valence-electron chi connectivity index (χ0n) is 15.9. The zero-order chi connectivity index (χ0) is 18.9. The van der Waals surface area contributed by atoms with Gasteiger partial charge in [-0.25, -0.2) is 9.78 Å². The largest absolute Gasteiger partial charge is 0.478 e. The third-order valence-corrected chi connectivity index (χ3v) is 4.77. The minimum absolute atomic E-state index is 0. The third kappa shape index (κ3) is 6.71. The lowest BCUT2D eigenvalue weighted by Crippen LogP contribution is -2.09. The molecule has 0 unspecified atom stereocenters. The van der Waals surface area contributed by atoms with Gasteiger partial charge in [0, 0.05) is 17.0 Å². The van der Waals surface area contributed by atoms with E-state index in [1.54, 1.807) is 12.3 Å². The number of carbonyl (C=O) groups is 1. The number of halogens is 2. The number of benzene rings is 1. The smallest absolute Gasteiger partial charge is 0.331 e. The Morgan fingerprint density at radius 3 is 2.56 bits per heavy atom. The molecular weight excluding hydrogens is 383 g/mol. The molecule has 1 heterocycles. The second kappa shape index (κ2) is 11.8. The molecule has 0 fully saturated rings. The second-order valence-corrected chi connectivity index (χ2v) is 6.87. The van der Waals surface area contributed by atoms with Crippen molar-refractivity contribution in [1.29, 1.82) is 0 Å². The molecule has 0 aliphatic carbocycles. The fourth-order valence-corrected chi connectivity index (χ4v) is 3.04. The Kier molecular flexibility index (Phi) is 10.2. The molecule has 6 heteroatoms. The standard InChI is InChI=1S/C21H27ClN2O2.ClH/c1-3-5-9-16(21(25)26)13-18-14-23-20(12-6-4-2)24(18)15-17-10-7-8-11-19(17)22;/h7-8,10-11,13-14H,3-6,9,12,15H2,1-2H3,(H,25,26);1H. The fourth-order valence-electron chi connectivity index (χ4n) is 2.84. The number of unbranched alkanes of at least 4 members (excludes halogenated alkanes) is 2. The summed E-state index contributed by atoms with van der Waals surface area (Å²) in [5.74, 6) is 0.109. The highest BCUT2D eigenvalue weighted by Crippen LogP contribution is 2.21. The first-order valence-electron chi connectivity index (χ1n) is 9.28. The van der Waals surface area contributed by atoms with Crippen molar-refractivity contribution in [3.8, 4) is 0 Å². The van der Waals surface area contributed by atoms with Gasteiger partial charge in [0.2, 0.25) is 0 Å². The predicted molar refractivity (Wildman–Crippen MR) is 114 cm³/mol. The average molecular weight is 411 g/mol. The number of rotatable bonds is 10. The highest BCUT2D eigenvalue weighted by atomic mass is 35.5. The summed E-state index contributed by atoms with van der Waals surface area (Å²) in [4.78, 5) is 16.1. The molecule has 0 atom stereocenters. The Morgan fingerprint density at radius 2 is 1.93 bits per heavy atom. The number of carboxylic acid groups (broad SMARTS) is 1. The summed E-state index contributed by atoms with van der Waals surface area (Å²) in [5, 5.41) is 10.2. The molecule has 0 aliphatic rings. The van der Waals surface area contributed by atoms with Crippen molar-refractivity contribution in [2.45, 2.75) is 58.9 Å². The lowest BCUT2D eigenvalue weighted by atomic mass is 10.1. The van der Waals surface area contributed by atoms with Gasteiger partial charge in [-0.05, 0) is 37.0 Å². The topological polar surface area (TPSA) is 55.1 Å². The summed E-state index contributed by atoms with van der Waals surface area (Å²) >= 11 is 6.33. The quantitative estimate of drug-likeness (QED) is 0.488. The van der Waals surface area contributed by atoms with E-state index in [1.165, 1.54) is 0 Å². The van der Waals surface area contributed by atoms with Crippen molar-refractivity contribution in [3.05, 3.63) is 58.1 Å². The summed E-state index contributed by atoms with van der Waals surface area (Å²) in [6.45, 7) is 4.80. The first-order valence-corrected chi connectivity index (χ1v) is 9.66. The molecule has 0 amide bonds. The van der Waals surface area contributed by atoms with Gasteiger partial charge in [-0.2, -0.15) is 0 Å². The molecule has 4 nitrogen and oxygen atoms in total. The lowest BCUT2D eigenvalue weighted by Gasteiger charge is -2.12. The van der Waals surface area contributed by atoms with Crippen LogP contribution in [0.5, 0.6) is 0 Å². The van der Waals surface area contributed by atoms with Crippen LogP contribution in [0.1, 0.15) is 63.0 Å². The van der Waals surface area contributed by atoms with Crippen LogP contribution in [-0.4, -0.2) is 20.6 Å². The highest BCUT2D eigenvalue weighted by molar-refractivity contribution is 6.31. The molecule has 1 N–H and O–H groups in total. The van der Waals surface area contributed by atoms with Crippen LogP contribution in [0, 0.1) is 0 Å². The van der Waals surface area contributed by atoms with Gasteiger partial charge in [-0.1, -0.05) is 56.5 Å². The average Bonchev–Trinajstić information content (AvgIpc) is 3.00. The molecular formula is C21H28Cl2N2O2. The maximum Gasteiger partial charge on any atom is 0.331 e. The summed E-state index contributed by atoms with van der Waals surface area (Å²) in [5.41, 5.74) is 2.25. The molecule has 0 spiro atoms. The highest BCUT2D eigenvalue weighted by Gasteiger charge is 2.13. The van der Waals surface area contributed by atoms with Gasteiger partial charge in [-0.3, -0.25) is 0 Å². The monoisotopic (exact) mass is 410 g/mol. The minimum Gasteiger partial charge on any atom is -0.478 e. The number of hydrogen-bond acceptors (Lipinski definition) is 2. The van der Waals surface area contributed by atoms with Gasteiger partial charge in [0.15, 0.2) is 0 Å². The van der Waals surface area contributed by atoms with Crippen molar-refractivity contribution in [3.63, 3.8) is 0 Å². The van der Waals surface area contributed by atoms with E-state index in [-0.39, 0.29) is 12.4 Å². The number of aromatic nitrogens is 2. The van der Waals surface area contributed by atoms with Crippen LogP contribution in [-0.2, 0) is 17.8 Å². The van der Waals surface area contributed by atoms with Crippen LogP contribution >= 0.6 is 24.0 Å². The van der Waals surface area contributed by atoms with Crippen molar-refractivity contribution >= 4 is 36.1 Å². The number of aliphatic carboxylic acids is 1. The third-order valence-electron chi connectivity index (χ3n) is 4.41. The van der Waals surface area contributed by atoms with Crippen LogP contribution in [0.2, 0.25) is 5.02 Å². The van der Waals surface area contributed by atoms with E-state index in [2.05, 4.69) is 23.4 Å². The molecule has 1 aromatic heterocycles. The van der Waals surface area contributed by atoms with Gasteiger partial charge in [-0.15, -0.1) is 12.4 Å². The molecule has 0 aliphatic heterocycles. The SMILES string of the molecule is CCCCC(=Cc1cnc(CCCC)n1Cc1ccccc1Cl)C(=O)O.Cl. The van der Waals surface area contributed by atoms with E-state index >= 15 is 0 Å². The molecule has 0 bridgehead atoms. The van der Waals surface area contributed by atoms with Crippen molar-refractivity contribution < 1.29 is 9.90 Å². The summed E-state index contributed by atoms with van der Waals surface area (Å²) in [6.07, 6.45) is 8.92. The maximum absolute atomic E-state index is 11.6. The van der Waals surface area contributed by atoms with Gasteiger partial charge in [0.05, 0.1) is 18.4 Å². The Bertz CT molecular complexity index is 769. The fraction of sp³-hybridized carbons (Fsp3) is 0.429. The number of aryl methyl sites for hydroxylation is 1. The van der Waals surface area contributed by atoms with Gasteiger partial charge in [0.25, 0.3) is 0 Å². The Hall–Kier alpha value is -1.78. The van der Waals surface area contributed by atoms with Gasteiger partial charge in [0.1, 0.15) is 5.82 Å². The van der Waals surface area contributed by atoms with Crippen molar-refractivity contribution in [1.82, 2.24) is 9.55 Å². The van der Waals surface area contributed by atoms with Crippen LogP contribution in [0.25, 0.3) is 6.08 Å². The number of nitrogens with zero attached hydrogens (tertiary/aromatic N) is 2. The zero-order valence-corrected chi connectivity index (χ0v) is 17.5. The van der Waals surface area contributed by atoms with Crippen molar-refractivity contribution in [2.75, 3.05) is 0 Å². The van der Waals surface area contributed by atoms with Crippen LogP contribution in [0.4, 0.5) is 0 Å². The van der Waals surface area contributed by atoms with E-state index in [9.17, 15) is 9.90 Å². The van der Waals surface area contributed by atoms with Crippen molar-refractivity contribution in [2.24, 2.45) is 0 Å². The first kappa shape index (κ1) is 23.3. The van der Waals surface area contributed by atoms with Crippen LogP contribution < -0.4 is 0 Å². The molecule has 0 saturated carbocycles. The normalized spacial score (nSPS) is 11.3. The molecule has 0 radical (unpaired) electrons. The van der Waals surface area contributed by atoms with Gasteiger partial charge < -0.3 is 9.67 Å². The van der Waals surface area contributed by atoms with Crippen LogP contribution in [0.15, 0.2) is 36.0 Å². The van der Waals surface area contributed by atoms with Gasteiger partial charge >= 0.3 is 5.97 Å². The number of carboxylic acids is 1. The summed E-state index contributed by atoms with van der Waals surface area (Å²) in [6, 6.07) is 7.74. The molecule has 1 aromatic carbocycles. The van der Waals surface area contributed by atoms with E-state index < -0.39 is 5.97 Å². The predicted octanol–water partition coefficient (Wildman–Crippen LogP) is 6.01.